The second-order valence-corrected chi connectivity index (χ2v) is 9.18. The van der Waals surface area contributed by atoms with E-state index in [1.807, 2.05) is 42.5 Å². The zero-order valence-electron chi connectivity index (χ0n) is 16.4. The van der Waals surface area contributed by atoms with Crippen LogP contribution in [0.15, 0.2) is 77.8 Å². The van der Waals surface area contributed by atoms with Gasteiger partial charge in [0.05, 0.1) is 4.90 Å². The highest BCUT2D eigenvalue weighted by Gasteiger charge is 2.24. The summed E-state index contributed by atoms with van der Waals surface area (Å²) < 4.78 is 28.2. The zero-order chi connectivity index (χ0) is 21.7. The topological polar surface area (TPSA) is 105 Å². The average molecular weight is 455 g/mol. The second kappa shape index (κ2) is 9.34. The molecule has 4 aromatic rings. The number of sulfonamides is 1. The second-order valence-electron chi connectivity index (χ2n) is 6.81. The third-order valence-corrected chi connectivity index (χ3v) is 6.84. The number of benzene rings is 2. The lowest BCUT2D eigenvalue weighted by molar-refractivity contribution is 0.408. The number of tetrazole rings is 1. The summed E-state index contributed by atoms with van der Waals surface area (Å²) >= 11 is 5.94. The lowest BCUT2D eigenvalue weighted by Gasteiger charge is -2.22. The van der Waals surface area contributed by atoms with E-state index in [0.29, 0.717) is 17.3 Å². The summed E-state index contributed by atoms with van der Waals surface area (Å²) in [6.07, 6.45) is 2.19. The Morgan fingerprint density at radius 1 is 0.968 bits per heavy atom. The number of nitrogens with zero attached hydrogens (tertiary/aromatic N) is 5. The number of pyridine rings is 1. The van der Waals surface area contributed by atoms with Crippen LogP contribution in [0.3, 0.4) is 0 Å². The molecule has 158 valence electrons. The zero-order valence-corrected chi connectivity index (χ0v) is 18.0. The standard InChI is InChI=1S/C21H19ClN6O2S/c22-18-8-10-20(11-9-18)31(29,30)28(14-12-19-3-1-2-13-23-19)15-16-4-6-17(7-5-16)21-24-26-27-25-21/h1-11,13H,12,14-15H2,(H,24,25,26,27). The van der Waals surface area contributed by atoms with Gasteiger partial charge in [-0.3, -0.25) is 4.98 Å². The van der Waals surface area contributed by atoms with Crippen molar-refractivity contribution in [2.75, 3.05) is 6.54 Å². The quantitative estimate of drug-likeness (QED) is 0.437. The number of halogens is 1. The molecule has 0 aliphatic rings. The first-order valence-electron chi connectivity index (χ1n) is 9.51. The van der Waals surface area contributed by atoms with Crippen LogP contribution in [0.5, 0.6) is 0 Å². The van der Waals surface area contributed by atoms with Gasteiger partial charge in [0.15, 0.2) is 5.82 Å². The van der Waals surface area contributed by atoms with E-state index in [1.165, 1.54) is 16.4 Å². The van der Waals surface area contributed by atoms with Crippen LogP contribution in [-0.4, -0.2) is 44.9 Å². The Kier molecular flexibility index (Phi) is 6.36. The number of hydrogen-bond donors (Lipinski definition) is 1. The van der Waals surface area contributed by atoms with E-state index >= 15 is 0 Å². The smallest absolute Gasteiger partial charge is 0.243 e. The van der Waals surface area contributed by atoms with Crippen molar-refractivity contribution in [2.45, 2.75) is 17.9 Å². The predicted molar refractivity (Wildman–Crippen MR) is 117 cm³/mol. The molecule has 0 fully saturated rings. The van der Waals surface area contributed by atoms with Gasteiger partial charge in [-0.15, -0.1) is 5.10 Å². The third-order valence-electron chi connectivity index (χ3n) is 4.73. The molecule has 0 atom stereocenters. The number of rotatable bonds is 8. The first-order chi connectivity index (χ1) is 15.0. The highest BCUT2D eigenvalue weighted by atomic mass is 35.5. The summed E-state index contributed by atoms with van der Waals surface area (Å²) in [5.74, 6) is 0.548. The van der Waals surface area contributed by atoms with Crippen molar-refractivity contribution in [3.8, 4) is 11.4 Å². The SMILES string of the molecule is O=S(=O)(c1ccc(Cl)cc1)N(CCc1ccccn1)Cc1ccc(-c2nnn[nH]2)cc1. The van der Waals surface area contributed by atoms with E-state index in [4.69, 9.17) is 11.6 Å². The molecule has 8 nitrogen and oxygen atoms in total. The summed E-state index contributed by atoms with van der Waals surface area (Å²) in [5.41, 5.74) is 2.48. The van der Waals surface area contributed by atoms with Gasteiger partial charge in [-0.25, -0.2) is 13.5 Å². The summed E-state index contributed by atoms with van der Waals surface area (Å²) in [6.45, 7) is 0.502. The molecule has 0 spiro atoms. The van der Waals surface area contributed by atoms with Crippen molar-refractivity contribution in [1.29, 1.82) is 0 Å². The highest BCUT2D eigenvalue weighted by molar-refractivity contribution is 7.89. The van der Waals surface area contributed by atoms with Gasteiger partial charge in [0.1, 0.15) is 0 Å². The molecule has 10 heteroatoms. The first kappa shape index (κ1) is 21.1. The van der Waals surface area contributed by atoms with Crippen molar-refractivity contribution in [3.63, 3.8) is 0 Å². The van der Waals surface area contributed by atoms with Gasteiger partial charge in [0, 0.05) is 42.0 Å². The maximum absolute atomic E-state index is 13.4. The molecule has 0 amide bonds. The Balaban J connectivity index is 1.59. The molecule has 0 aliphatic heterocycles. The molecule has 2 heterocycles. The lowest BCUT2D eigenvalue weighted by Crippen LogP contribution is -2.32. The minimum atomic E-state index is -3.73. The molecule has 0 saturated carbocycles. The van der Waals surface area contributed by atoms with Gasteiger partial charge in [-0.1, -0.05) is 41.9 Å². The third kappa shape index (κ3) is 5.13. The fourth-order valence-corrected chi connectivity index (χ4v) is 4.63. The molecule has 2 aromatic heterocycles. The predicted octanol–water partition coefficient (Wildman–Crippen LogP) is 3.35. The van der Waals surface area contributed by atoms with E-state index in [0.717, 1.165) is 16.8 Å². The Morgan fingerprint density at radius 3 is 2.39 bits per heavy atom. The Bertz CT molecular complexity index is 1220. The molecule has 0 bridgehead atoms. The number of nitrogens with one attached hydrogen (secondary N) is 1. The molecule has 31 heavy (non-hydrogen) atoms. The normalized spacial score (nSPS) is 11.7. The van der Waals surface area contributed by atoms with Gasteiger partial charge in [0.25, 0.3) is 0 Å². The van der Waals surface area contributed by atoms with Crippen molar-refractivity contribution in [1.82, 2.24) is 29.9 Å². The van der Waals surface area contributed by atoms with Crippen molar-refractivity contribution < 1.29 is 8.42 Å². The Hall–Kier alpha value is -3.14. The van der Waals surface area contributed by atoms with Crippen molar-refractivity contribution in [3.05, 3.63) is 89.2 Å². The summed E-state index contributed by atoms with van der Waals surface area (Å²) in [6, 6.07) is 19.2. The van der Waals surface area contributed by atoms with E-state index in [-0.39, 0.29) is 18.0 Å². The van der Waals surface area contributed by atoms with Crippen LogP contribution in [0.4, 0.5) is 0 Å². The monoisotopic (exact) mass is 454 g/mol. The molecule has 1 N–H and O–H groups in total. The van der Waals surface area contributed by atoms with Gasteiger partial charge in [0.2, 0.25) is 10.0 Å². The van der Waals surface area contributed by atoms with E-state index in [2.05, 4.69) is 25.6 Å². The molecule has 2 aromatic carbocycles. The molecular weight excluding hydrogens is 436 g/mol. The van der Waals surface area contributed by atoms with Crippen LogP contribution in [0, 0.1) is 0 Å². The van der Waals surface area contributed by atoms with Crippen LogP contribution in [0.1, 0.15) is 11.3 Å². The molecule has 0 saturated heterocycles. The average Bonchev–Trinajstić information content (AvgIpc) is 3.33. The van der Waals surface area contributed by atoms with Crippen LogP contribution in [0.2, 0.25) is 5.02 Å². The molecule has 0 radical (unpaired) electrons. The van der Waals surface area contributed by atoms with E-state index < -0.39 is 10.0 Å². The number of H-pyrrole nitrogens is 1. The van der Waals surface area contributed by atoms with Gasteiger partial charge < -0.3 is 0 Å². The minimum Gasteiger partial charge on any atom is -0.261 e. The fourth-order valence-electron chi connectivity index (χ4n) is 3.08. The largest absolute Gasteiger partial charge is 0.261 e. The van der Waals surface area contributed by atoms with Crippen LogP contribution < -0.4 is 0 Å². The Labute approximate surface area is 185 Å². The van der Waals surface area contributed by atoms with Gasteiger partial charge in [-0.05, 0) is 52.4 Å². The molecule has 4 rings (SSSR count). The maximum Gasteiger partial charge on any atom is 0.243 e. The van der Waals surface area contributed by atoms with Crippen molar-refractivity contribution >= 4 is 21.6 Å². The molecule has 0 unspecified atom stereocenters. The summed E-state index contributed by atoms with van der Waals surface area (Å²) in [4.78, 5) is 4.50. The summed E-state index contributed by atoms with van der Waals surface area (Å²) in [5, 5.41) is 14.2. The maximum atomic E-state index is 13.4. The molecule has 0 aliphatic carbocycles. The van der Waals surface area contributed by atoms with Gasteiger partial charge in [-0.2, -0.15) is 4.31 Å². The van der Waals surface area contributed by atoms with Crippen LogP contribution >= 0.6 is 11.6 Å². The number of hydrogen-bond acceptors (Lipinski definition) is 6. The lowest BCUT2D eigenvalue weighted by atomic mass is 10.1. The fraction of sp³-hybridized carbons (Fsp3) is 0.143. The van der Waals surface area contributed by atoms with Crippen LogP contribution in [0.25, 0.3) is 11.4 Å². The molecular formula is C21H19ClN6O2S. The Morgan fingerprint density at radius 2 is 1.74 bits per heavy atom. The number of aromatic nitrogens is 5. The van der Waals surface area contributed by atoms with E-state index in [9.17, 15) is 8.42 Å². The number of aromatic amines is 1. The van der Waals surface area contributed by atoms with E-state index in [1.54, 1.807) is 18.3 Å². The van der Waals surface area contributed by atoms with Crippen molar-refractivity contribution in [2.24, 2.45) is 0 Å². The summed E-state index contributed by atoms with van der Waals surface area (Å²) in [7, 11) is -3.73. The first-order valence-corrected chi connectivity index (χ1v) is 11.3. The highest BCUT2D eigenvalue weighted by Crippen LogP contribution is 2.22. The van der Waals surface area contributed by atoms with Crippen LogP contribution in [-0.2, 0) is 23.0 Å². The van der Waals surface area contributed by atoms with Gasteiger partial charge >= 0.3 is 0 Å². The minimum absolute atomic E-state index is 0.197.